The third-order valence-electron chi connectivity index (χ3n) is 3.19. The van der Waals surface area contributed by atoms with Crippen LogP contribution >= 0.6 is 7.92 Å². The summed E-state index contributed by atoms with van der Waals surface area (Å²) in [6.45, 7) is 17.3. The predicted molar refractivity (Wildman–Crippen MR) is 74.9 cm³/mol. The van der Waals surface area contributed by atoms with Crippen LogP contribution in [0.3, 0.4) is 0 Å². The molecule has 0 aromatic rings. The van der Waals surface area contributed by atoms with Crippen molar-refractivity contribution in [3.05, 3.63) is 12.4 Å². The van der Waals surface area contributed by atoms with Gasteiger partial charge in [0.05, 0.1) is 6.67 Å². The summed E-state index contributed by atoms with van der Waals surface area (Å²) < 4.78 is 0. The van der Waals surface area contributed by atoms with E-state index >= 15 is 0 Å². The van der Waals surface area contributed by atoms with Gasteiger partial charge in [0.1, 0.15) is 0 Å². The van der Waals surface area contributed by atoms with Crippen molar-refractivity contribution in [1.29, 1.82) is 0 Å². The van der Waals surface area contributed by atoms with E-state index in [1.54, 1.807) is 0 Å². The Labute approximate surface area is 102 Å². The minimum Gasteiger partial charge on any atom is -0.354 e. The molecule has 1 aliphatic heterocycles. The third-order valence-corrected chi connectivity index (χ3v) is 6.27. The first-order valence-electron chi connectivity index (χ1n) is 6.01. The lowest BCUT2D eigenvalue weighted by Gasteiger charge is -2.36. The standard InChI is InChI=1S/C13H27N2P/c1-12(2,3)15-9-8-14(10-15)11-16(7)13(4,5)6/h8-9H,10-11H2,1-7H3. The largest absolute Gasteiger partial charge is 0.354 e. The molecule has 1 atom stereocenters. The predicted octanol–water partition coefficient (Wildman–Crippen LogP) is 3.70. The van der Waals surface area contributed by atoms with Crippen LogP contribution < -0.4 is 0 Å². The molecule has 0 saturated heterocycles. The average Bonchev–Trinajstić information content (AvgIpc) is 2.49. The van der Waals surface area contributed by atoms with Gasteiger partial charge in [-0.3, -0.25) is 0 Å². The molecule has 0 amide bonds. The second kappa shape index (κ2) is 4.56. The molecule has 3 heteroatoms. The first-order valence-corrected chi connectivity index (χ1v) is 7.98. The summed E-state index contributed by atoms with van der Waals surface area (Å²) in [7, 11) is 0.0605. The van der Waals surface area contributed by atoms with Gasteiger partial charge < -0.3 is 9.80 Å². The summed E-state index contributed by atoms with van der Waals surface area (Å²) in [5.41, 5.74) is 0.240. The Morgan fingerprint density at radius 2 is 1.62 bits per heavy atom. The van der Waals surface area contributed by atoms with E-state index in [1.807, 2.05) is 0 Å². The number of rotatable bonds is 2. The third kappa shape index (κ3) is 3.66. The normalized spacial score (nSPS) is 19.4. The van der Waals surface area contributed by atoms with Crippen LogP contribution in [-0.2, 0) is 0 Å². The molecule has 0 bridgehead atoms. The smallest absolute Gasteiger partial charge is 0.0902 e. The van der Waals surface area contributed by atoms with Crippen LogP contribution in [-0.4, -0.2) is 40.1 Å². The first-order chi connectivity index (χ1) is 7.10. The van der Waals surface area contributed by atoms with Crippen molar-refractivity contribution in [1.82, 2.24) is 9.80 Å². The fraction of sp³-hybridized carbons (Fsp3) is 0.846. The van der Waals surface area contributed by atoms with Gasteiger partial charge in [-0.15, -0.1) is 0 Å². The molecule has 0 radical (unpaired) electrons. The summed E-state index contributed by atoms with van der Waals surface area (Å²) in [5.74, 6) is 0. The van der Waals surface area contributed by atoms with Crippen molar-refractivity contribution in [2.24, 2.45) is 0 Å². The van der Waals surface area contributed by atoms with Gasteiger partial charge in [0, 0.05) is 24.2 Å². The maximum Gasteiger partial charge on any atom is 0.0902 e. The molecule has 0 fully saturated rings. The zero-order chi connectivity index (χ0) is 12.6. The highest BCUT2D eigenvalue weighted by Crippen LogP contribution is 2.46. The highest BCUT2D eigenvalue weighted by molar-refractivity contribution is 7.58. The highest BCUT2D eigenvalue weighted by Gasteiger charge is 2.26. The molecule has 1 rings (SSSR count). The van der Waals surface area contributed by atoms with Crippen LogP contribution in [0.1, 0.15) is 41.5 Å². The van der Waals surface area contributed by atoms with Crippen LogP contribution in [0.2, 0.25) is 0 Å². The van der Waals surface area contributed by atoms with Crippen LogP contribution in [0.4, 0.5) is 0 Å². The number of hydrogen-bond acceptors (Lipinski definition) is 2. The van der Waals surface area contributed by atoms with E-state index in [-0.39, 0.29) is 13.5 Å². The molecule has 16 heavy (non-hydrogen) atoms. The molecule has 1 unspecified atom stereocenters. The summed E-state index contributed by atoms with van der Waals surface area (Å²) in [4.78, 5) is 4.85. The Hall–Kier alpha value is -0.230. The molecule has 2 nitrogen and oxygen atoms in total. The lowest BCUT2D eigenvalue weighted by Crippen LogP contribution is -2.39. The Kier molecular flexibility index (Phi) is 3.95. The SMILES string of the molecule is CP(CN1C=CN(C(C)(C)C)C1)C(C)(C)C. The summed E-state index contributed by atoms with van der Waals surface area (Å²) in [6.07, 6.45) is 5.68. The zero-order valence-corrected chi connectivity index (χ0v) is 12.8. The van der Waals surface area contributed by atoms with E-state index in [2.05, 4.69) is 70.4 Å². The lowest BCUT2D eigenvalue weighted by atomic mass is 10.1. The molecule has 0 saturated carbocycles. The van der Waals surface area contributed by atoms with E-state index in [9.17, 15) is 0 Å². The van der Waals surface area contributed by atoms with Crippen molar-refractivity contribution in [3.63, 3.8) is 0 Å². The fourth-order valence-corrected chi connectivity index (χ4v) is 2.63. The van der Waals surface area contributed by atoms with Crippen molar-refractivity contribution in [2.75, 3.05) is 19.6 Å². The van der Waals surface area contributed by atoms with E-state index in [0.717, 1.165) is 6.67 Å². The van der Waals surface area contributed by atoms with Crippen molar-refractivity contribution in [2.45, 2.75) is 52.2 Å². The quantitative estimate of drug-likeness (QED) is 0.681. The average molecular weight is 242 g/mol. The van der Waals surface area contributed by atoms with Gasteiger partial charge in [-0.1, -0.05) is 28.7 Å². The minimum atomic E-state index is 0.0605. The highest BCUT2D eigenvalue weighted by atomic mass is 31.1. The van der Waals surface area contributed by atoms with Gasteiger partial charge in [-0.25, -0.2) is 0 Å². The van der Waals surface area contributed by atoms with Crippen molar-refractivity contribution >= 4 is 7.92 Å². The molecule has 1 heterocycles. The lowest BCUT2D eigenvalue weighted by molar-refractivity contribution is 0.171. The van der Waals surface area contributed by atoms with Crippen LogP contribution in [0.15, 0.2) is 12.4 Å². The maximum absolute atomic E-state index is 2.45. The molecule has 0 N–H and O–H groups in total. The van der Waals surface area contributed by atoms with Gasteiger partial charge in [0.25, 0.3) is 0 Å². The van der Waals surface area contributed by atoms with Gasteiger partial charge in [0.15, 0.2) is 0 Å². The van der Waals surface area contributed by atoms with Gasteiger partial charge in [-0.05, 0) is 32.6 Å². The van der Waals surface area contributed by atoms with Crippen LogP contribution in [0.5, 0.6) is 0 Å². The molecular formula is C13H27N2P. The Bertz CT molecular complexity index is 260. The Balaban J connectivity index is 2.48. The van der Waals surface area contributed by atoms with Gasteiger partial charge in [-0.2, -0.15) is 0 Å². The number of nitrogens with zero attached hydrogens (tertiary/aromatic N) is 2. The maximum atomic E-state index is 2.45. The van der Waals surface area contributed by atoms with Gasteiger partial charge in [0.2, 0.25) is 0 Å². The zero-order valence-electron chi connectivity index (χ0n) is 11.9. The summed E-state index contributed by atoms with van der Waals surface area (Å²) >= 11 is 0. The molecule has 0 aromatic carbocycles. The monoisotopic (exact) mass is 242 g/mol. The number of hydrogen-bond donors (Lipinski definition) is 0. The van der Waals surface area contributed by atoms with Crippen molar-refractivity contribution < 1.29 is 0 Å². The second-order valence-corrected chi connectivity index (χ2v) is 9.70. The van der Waals surface area contributed by atoms with Crippen LogP contribution in [0, 0.1) is 0 Å². The van der Waals surface area contributed by atoms with Crippen molar-refractivity contribution in [3.8, 4) is 0 Å². The fourth-order valence-electron chi connectivity index (χ4n) is 1.48. The minimum absolute atomic E-state index is 0.0605. The van der Waals surface area contributed by atoms with E-state index < -0.39 is 0 Å². The first kappa shape index (κ1) is 13.8. The topological polar surface area (TPSA) is 6.48 Å². The molecule has 94 valence electrons. The van der Waals surface area contributed by atoms with Crippen LogP contribution in [0.25, 0.3) is 0 Å². The molecule has 1 aliphatic rings. The summed E-state index contributed by atoms with van der Waals surface area (Å²) in [5, 5.41) is 0.457. The molecule has 0 aromatic heterocycles. The van der Waals surface area contributed by atoms with E-state index in [0.29, 0.717) is 5.16 Å². The van der Waals surface area contributed by atoms with Gasteiger partial charge >= 0.3 is 0 Å². The summed E-state index contributed by atoms with van der Waals surface area (Å²) in [6, 6.07) is 0. The second-order valence-electron chi connectivity index (χ2n) is 6.68. The van der Waals surface area contributed by atoms with E-state index in [1.165, 1.54) is 6.29 Å². The molecular weight excluding hydrogens is 215 g/mol. The van der Waals surface area contributed by atoms with E-state index in [4.69, 9.17) is 0 Å². The molecule has 0 spiro atoms. The Morgan fingerprint density at radius 3 is 2.00 bits per heavy atom. The molecule has 0 aliphatic carbocycles. The Morgan fingerprint density at radius 1 is 1.06 bits per heavy atom.